The zero-order valence-corrected chi connectivity index (χ0v) is 21.7. The summed E-state index contributed by atoms with van der Waals surface area (Å²) in [5.41, 5.74) is 0.760. The Hall–Kier alpha value is -4.27. The minimum absolute atomic E-state index is 0.00211. The van der Waals surface area contributed by atoms with Gasteiger partial charge in [0.25, 0.3) is 0 Å². The smallest absolute Gasteiger partial charge is 0.407 e. The molecule has 9 heteroatoms. The maximum atomic E-state index is 12.2. The van der Waals surface area contributed by atoms with Crippen LogP contribution in [0.3, 0.4) is 0 Å². The highest BCUT2D eigenvalue weighted by Crippen LogP contribution is 2.29. The average molecular weight is 512 g/mol. The molecule has 0 spiro atoms. The fraction of sp³-hybridized carbons (Fsp3) is 0.321. The topological polar surface area (TPSA) is 120 Å². The Bertz CT molecular complexity index is 1160. The van der Waals surface area contributed by atoms with Crippen molar-refractivity contribution in [3.63, 3.8) is 0 Å². The van der Waals surface area contributed by atoms with E-state index >= 15 is 0 Å². The molecule has 0 fully saturated rings. The highest BCUT2D eigenvalue weighted by atomic mass is 16.6. The lowest BCUT2D eigenvalue weighted by Crippen LogP contribution is -2.34. The predicted octanol–water partition coefficient (Wildman–Crippen LogP) is 4.57. The first-order valence-electron chi connectivity index (χ1n) is 11.6. The van der Waals surface area contributed by atoms with Gasteiger partial charge >= 0.3 is 6.09 Å². The summed E-state index contributed by atoms with van der Waals surface area (Å²) >= 11 is 0. The summed E-state index contributed by atoms with van der Waals surface area (Å²) in [5, 5.41) is 12.2. The molecule has 2 rings (SSSR count). The lowest BCUT2D eigenvalue weighted by molar-refractivity contribution is -0.121. The van der Waals surface area contributed by atoms with Crippen molar-refractivity contribution in [2.45, 2.75) is 32.8 Å². The van der Waals surface area contributed by atoms with Crippen LogP contribution in [0.15, 0.2) is 48.6 Å². The Balaban J connectivity index is 1.87. The molecule has 2 aromatic carbocycles. The zero-order valence-electron chi connectivity index (χ0n) is 21.7. The molecule has 198 valence electrons. The van der Waals surface area contributed by atoms with Gasteiger partial charge in [-0.25, -0.2) is 4.79 Å². The largest absolute Gasteiger partial charge is 0.504 e. The summed E-state index contributed by atoms with van der Waals surface area (Å²) in [6.07, 6.45) is 4.96. The van der Waals surface area contributed by atoms with Crippen LogP contribution in [0.5, 0.6) is 23.0 Å². The molecule has 9 nitrogen and oxygen atoms in total. The van der Waals surface area contributed by atoms with Crippen LogP contribution >= 0.6 is 0 Å². The van der Waals surface area contributed by atoms with Gasteiger partial charge in [0, 0.05) is 0 Å². The summed E-state index contributed by atoms with van der Waals surface area (Å²) < 4.78 is 21.2. The predicted molar refractivity (Wildman–Crippen MR) is 140 cm³/mol. The molecule has 0 atom stereocenters. The molecule has 2 aromatic rings. The van der Waals surface area contributed by atoms with Crippen molar-refractivity contribution in [1.82, 2.24) is 5.32 Å². The van der Waals surface area contributed by atoms with Gasteiger partial charge < -0.3 is 29.4 Å². The standard InChI is InChI=1S/C28H33NO8/c1-28(2,3)37-27(33)29-14-15-36-24-13-9-20(17-26(24)35-5)7-11-22(31)18-21(30)10-6-19-8-12-23(32)25(16-19)34-4/h6-13,16-17,32H,14-15,18H2,1-5H3,(H,29,33)/b10-6+,11-7+. The van der Waals surface area contributed by atoms with Crippen molar-refractivity contribution in [1.29, 1.82) is 0 Å². The van der Waals surface area contributed by atoms with Gasteiger partial charge in [0.1, 0.15) is 12.2 Å². The Kier molecular flexibility index (Phi) is 10.7. The van der Waals surface area contributed by atoms with Crippen LogP contribution in [0.4, 0.5) is 4.79 Å². The molecule has 0 heterocycles. The van der Waals surface area contributed by atoms with E-state index < -0.39 is 11.7 Å². The highest BCUT2D eigenvalue weighted by molar-refractivity contribution is 6.10. The van der Waals surface area contributed by atoms with Gasteiger partial charge in [0.15, 0.2) is 34.6 Å². The Morgan fingerprint density at radius 3 is 2.00 bits per heavy atom. The van der Waals surface area contributed by atoms with Crippen LogP contribution in [0.25, 0.3) is 12.2 Å². The third-order valence-corrected chi connectivity index (χ3v) is 4.69. The number of carbonyl (C=O) groups is 3. The van der Waals surface area contributed by atoms with Gasteiger partial charge in [-0.1, -0.05) is 24.3 Å². The first-order valence-corrected chi connectivity index (χ1v) is 11.6. The number of rotatable bonds is 12. The molecule has 2 N–H and O–H groups in total. The molecule has 0 aliphatic heterocycles. The maximum absolute atomic E-state index is 12.2. The number of benzene rings is 2. The number of allylic oxidation sites excluding steroid dienone is 2. The van der Waals surface area contributed by atoms with Gasteiger partial charge in [-0.05, 0) is 68.3 Å². The third-order valence-electron chi connectivity index (χ3n) is 4.69. The molecule has 0 saturated carbocycles. The van der Waals surface area contributed by atoms with E-state index in [0.29, 0.717) is 22.6 Å². The number of amides is 1. The number of hydrogen-bond donors (Lipinski definition) is 2. The Labute approximate surface area is 216 Å². The number of ketones is 2. The number of ether oxygens (including phenoxy) is 4. The number of aromatic hydroxyl groups is 1. The second kappa shape index (κ2) is 13.7. The minimum Gasteiger partial charge on any atom is -0.504 e. The van der Waals surface area contributed by atoms with Crippen molar-refractivity contribution in [3.8, 4) is 23.0 Å². The normalized spacial score (nSPS) is 11.4. The van der Waals surface area contributed by atoms with Crippen molar-refractivity contribution in [2.75, 3.05) is 27.4 Å². The van der Waals surface area contributed by atoms with E-state index in [-0.39, 0.29) is 42.6 Å². The summed E-state index contributed by atoms with van der Waals surface area (Å²) in [4.78, 5) is 36.1. The number of carbonyl (C=O) groups excluding carboxylic acids is 3. The van der Waals surface area contributed by atoms with E-state index in [0.717, 1.165) is 0 Å². The number of alkyl carbamates (subject to hydrolysis) is 1. The molecule has 0 unspecified atom stereocenters. The van der Waals surface area contributed by atoms with Crippen LogP contribution in [0.2, 0.25) is 0 Å². The number of hydrogen-bond acceptors (Lipinski definition) is 8. The second-order valence-electron chi connectivity index (χ2n) is 8.89. The fourth-order valence-electron chi connectivity index (χ4n) is 3.00. The summed E-state index contributed by atoms with van der Waals surface area (Å²) in [5.74, 6) is 0.502. The van der Waals surface area contributed by atoms with Crippen LogP contribution in [-0.2, 0) is 14.3 Å². The fourth-order valence-corrected chi connectivity index (χ4v) is 3.00. The molecule has 1 amide bonds. The van der Waals surface area contributed by atoms with Crippen molar-refractivity contribution in [2.24, 2.45) is 0 Å². The average Bonchev–Trinajstić information content (AvgIpc) is 2.84. The first-order chi connectivity index (χ1) is 17.5. The van der Waals surface area contributed by atoms with Gasteiger partial charge in [0.05, 0.1) is 27.2 Å². The molecule has 0 saturated heterocycles. The van der Waals surface area contributed by atoms with E-state index in [1.807, 2.05) is 0 Å². The number of methoxy groups -OCH3 is 2. The van der Waals surface area contributed by atoms with Crippen molar-refractivity contribution in [3.05, 3.63) is 59.7 Å². The van der Waals surface area contributed by atoms with E-state index in [4.69, 9.17) is 18.9 Å². The Morgan fingerprint density at radius 1 is 0.865 bits per heavy atom. The van der Waals surface area contributed by atoms with E-state index in [1.165, 1.54) is 32.4 Å². The van der Waals surface area contributed by atoms with Crippen LogP contribution in [-0.4, -0.2) is 55.7 Å². The van der Waals surface area contributed by atoms with Gasteiger partial charge in [-0.3, -0.25) is 9.59 Å². The molecular weight excluding hydrogens is 478 g/mol. The van der Waals surface area contributed by atoms with E-state index in [2.05, 4.69) is 5.32 Å². The van der Waals surface area contributed by atoms with Crippen molar-refractivity contribution < 1.29 is 38.4 Å². The first kappa shape index (κ1) is 29.0. The van der Waals surface area contributed by atoms with Crippen molar-refractivity contribution >= 4 is 29.8 Å². The summed E-state index contributed by atoms with van der Waals surface area (Å²) in [6.45, 7) is 5.80. The van der Waals surface area contributed by atoms with E-state index in [9.17, 15) is 19.5 Å². The monoisotopic (exact) mass is 511 g/mol. The molecule has 0 aliphatic carbocycles. The van der Waals surface area contributed by atoms with Gasteiger partial charge in [-0.2, -0.15) is 0 Å². The highest BCUT2D eigenvalue weighted by Gasteiger charge is 2.15. The molecule has 0 aliphatic rings. The quantitative estimate of drug-likeness (QED) is 0.242. The van der Waals surface area contributed by atoms with Gasteiger partial charge in [0.2, 0.25) is 0 Å². The summed E-state index contributed by atoms with van der Waals surface area (Å²) in [7, 11) is 2.93. The van der Waals surface area contributed by atoms with E-state index in [1.54, 1.807) is 63.3 Å². The zero-order chi connectivity index (χ0) is 27.4. The Morgan fingerprint density at radius 2 is 1.43 bits per heavy atom. The molecule has 37 heavy (non-hydrogen) atoms. The summed E-state index contributed by atoms with van der Waals surface area (Å²) in [6, 6.07) is 9.79. The SMILES string of the molecule is COc1cc(/C=C/C(=O)CC(=O)/C=C/c2ccc(OCCNC(=O)OC(C)(C)C)c(OC)c2)ccc1O. The molecule has 0 aromatic heterocycles. The van der Waals surface area contributed by atoms with Crippen LogP contribution in [0, 0.1) is 0 Å². The molecular formula is C28H33NO8. The minimum atomic E-state index is -0.578. The third kappa shape index (κ3) is 10.5. The number of nitrogens with one attached hydrogen (secondary N) is 1. The second-order valence-corrected chi connectivity index (χ2v) is 8.89. The molecule has 0 radical (unpaired) electrons. The number of phenolic OH excluding ortho intramolecular Hbond substituents is 1. The maximum Gasteiger partial charge on any atom is 0.407 e. The number of phenols is 1. The lowest BCUT2D eigenvalue weighted by Gasteiger charge is -2.19. The molecule has 0 bridgehead atoms. The van der Waals surface area contributed by atoms with Crippen LogP contribution < -0.4 is 19.5 Å². The lowest BCUT2D eigenvalue weighted by atomic mass is 10.1. The van der Waals surface area contributed by atoms with Gasteiger partial charge in [-0.15, -0.1) is 0 Å². The van der Waals surface area contributed by atoms with Crippen LogP contribution in [0.1, 0.15) is 38.3 Å².